The molecular formula is C18H16N4O2S. The van der Waals surface area contributed by atoms with Gasteiger partial charge in [-0.25, -0.2) is 4.98 Å². The van der Waals surface area contributed by atoms with Gasteiger partial charge in [0.15, 0.2) is 0 Å². The molecule has 1 N–H and O–H groups in total. The van der Waals surface area contributed by atoms with Crippen molar-refractivity contribution in [3.63, 3.8) is 0 Å². The number of nitrogens with one attached hydrogen (secondary N) is 1. The lowest BCUT2D eigenvalue weighted by Gasteiger charge is -2.21. The van der Waals surface area contributed by atoms with Gasteiger partial charge in [0.1, 0.15) is 11.4 Å². The Balaban J connectivity index is 1.61. The highest BCUT2D eigenvalue weighted by Gasteiger charge is 2.34. The third kappa shape index (κ3) is 3.36. The molecule has 0 atom stereocenters. The van der Waals surface area contributed by atoms with Crippen LogP contribution in [0.2, 0.25) is 0 Å². The van der Waals surface area contributed by atoms with Crippen LogP contribution in [0, 0.1) is 0 Å². The molecule has 1 aliphatic carbocycles. The minimum Gasteiger partial charge on any atom is -0.331 e. The second-order valence-electron chi connectivity index (χ2n) is 6.01. The van der Waals surface area contributed by atoms with E-state index in [1.165, 1.54) is 6.20 Å². The number of hydrogen-bond donors (Lipinski definition) is 1. The fourth-order valence-electron chi connectivity index (χ4n) is 2.68. The highest BCUT2D eigenvalue weighted by molar-refractivity contribution is 7.07. The first kappa shape index (κ1) is 15.7. The first-order valence-electron chi connectivity index (χ1n) is 8.04. The zero-order valence-corrected chi connectivity index (χ0v) is 14.2. The van der Waals surface area contributed by atoms with Crippen LogP contribution in [0.1, 0.15) is 28.8 Å². The average molecular weight is 352 g/mol. The number of pyridine rings is 1. The Kier molecular flexibility index (Phi) is 4.15. The number of amides is 1. The van der Waals surface area contributed by atoms with Crippen LogP contribution in [-0.2, 0) is 6.54 Å². The predicted molar refractivity (Wildman–Crippen MR) is 95.3 cm³/mol. The van der Waals surface area contributed by atoms with E-state index in [9.17, 15) is 9.59 Å². The molecule has 0 aromatic carbocycles. The summed E-state index contributed by atoms with van der Waals surface area (Å²) in [6, 6.07) is 5.79. The third-order valence-corrected chi connectivity index (χ3v) is 4.88. The van der Waals surface area contributed by atoms with Gasteiger partial charge in [-0.15, -0.1) is 0 Å². The van der Waals surface area contributed by atoms with Crippen molar-refractivity contribution < 1.29 is 4.79 Å². The molecule has 0 bridgehead atoms. The standard InChI is InChI=1S/C18H16N4O2S/c23-17-15(9-20-16(21-17)13-2-1-6-19-8-13)18(24)22(14-3-4-14)10-12-5-7-25-11-12/h1-2,5-9,11,14H,3-4,10H2,(H,20,21,23). The van der Waals surface area contributed by atoms with Crippen LogP contribution in [-0.4, -0.2) is 31.8 Å². The van der Waals surface area contributed by atoms with E-state index >= 15 is 0 Å². The van der Waals surface area contributed by atoms with Crippen molar-refractivity contribution in [2.24, 2.45) is 0 Å². The Labute approximate surface area is 148 Å². The lowest BCUT2D eigenvalue weighted by Crippen LogP contribution is -2.36. The Bertz CT molecular complexity index is 933. The first-order valence-corrected chi connectivity index (χ1v) is 8.98. The van der Waals surface area contributed by atoms with Crippen LogP contribution < -0.4 is 5.56 Å². The van der Waals surface area contributed by atoms with Crippen LogP contribution >= 0.6 is 11.3 Å². The van der Waals surface area contributed by atoms with E-state index in [2.05, 4.69) is 15.0 Å². The Morgan fingerprint density at radius 1 is 1.32 bits per heavy atom. The molecule has 126 valence electrons. The maximum atomic E-state index is 12.9. The van der Waals surface area contributed by atoms with Gasteiger partial charge < -0.3 is 9.88 Å². The summed E-state index contributed by atoms with van der Waals surface area (Å²) >= 11 is 1.60. The molecule has 1 amide bonds. The van der Waals surface area contributed by atoms with E-state index in [-0.39, 0.29) is 17.5 Å². The molecule has 7 heteroatoms. The van der Waals surface area contributed by atoms with Crippen LogP contribution in [0.25, 0.3) is 11.4 Å². The Hall–Kier alpha value is -2.80. The molecule has 0 unspecified atom stereocenters. The molecule has 6 nitrogen and oxygen atoms in total. The zero-order valence-electron chi connectivity index (χ0n) is 13.4. The number of carbonyl (C=O) groups is 1. The largest absolute Gasteiger partial charge is 0.331 e. The molecule has 1 fully saturated rings. The highest BCUT2D eigenvalue weighted by atomic mass is 32.1. The van der Waals surface area contributed by atoms with Crippen LogP contribution in [0.3, 0.4) is 0 Å². The smallest absolute Gasteiger partial charge is 0.264 e. The van der Waals surface area contributed by atoms with E-state index in [0.717, 1.165) is 18.4 Å². The summed E-state index contributed by atoms with van der Waals surface area (Å²) in [7, 11) is 0. The summed E-state index contributed by atoms with van der Waals surface area (Å²) in [6.45, 7) is 0.525. The summed E-state index contributed by atoms with van der Waals surface area (Å²) in [4.78, 5) is 38.1. The summed E-state index contributed by atoms with van der Waals surface area (Å²) in [5, 5.41) is 4.01. The number of rotatable bonds is 5. The summed E-state index contributed by atoms with van der Waals surface area (Å²) < 4.78 is 0. The quantitative estimate of drug-likeness (QED) is 0.766. The van der Waals surface area contributed by atoms with Crippen molar-refractivity contribution in [3.8, 4) is 11.4 Å². The van der Waals surface area contributed by atoms with Crippen molar-refractivity contribution >= 4 is 17.2 Å². The van der Waals surface area contributed by atoms with E-state index in [4.69, 9.17) is 0 Å². The van der Waals surface area contributed by atoms with Crippen molar-refractivity contribution in [3.05, 3.63) is 69.0 Å². The van der Waals surface area contributed by atoms with Gasteiger partial charge in [0, 0.05) is 36.7 Å². The molecular weight excluding hydrogens is 336 g/mol. The number of carbonyl (C=O) groups excluding carboxylic acids is 1. The molecule has 0 spiro atoms. The number of nitrogens with zero attached hydrogens (tertiary/aromatic N) is 3. The van der Waals surface area contributed by atoms with Crippen molar-refractivity contribution in [1.29, 1.82) is 0 Å². The monoisotopic (exact) mass is 352 g/mol. The average Bonchev–Trinajstić information content (AvgIpc) is 3.35. The second kappa shape index (κ2) is 6.60. The summed E-state index contributed by atoms with van der Waals surface area (Å²) in [6.07, 6.45) is 6.60. The normalized spacial score (nSPS) is 13.6. The third-order valence-electron chi connectivity index (χ3n) is 4.15. The first-order chi connectivity index (χ1) is 12.2. The van der Waals surface area contributed by atoms with Gasteiger partial charge in [-0.1, -0.05) is 0 Å². The predicted octanol–water partition coefficient (Wildman–Crippen LogP) is 2.70. The van der Waals surface area contributed by atoms with Gasteiger partial charge in [-0.3, -0.25) is 14.6 Å². The van der Waals surface area contributed by atoms with E-state index in [1.807, 2.05) is 16.8 Å². The molecule has 25 heavy (non-hydrogen) atoms. The fourth-order valence-corrected chi connectivity index (χ4v) is 3.34. The molecule has 0 aliphatic heterocycles. The summed E-state index contributed by atoms with van der Waals surface area (Å²) in [5.41, 5.74) is 1.45. The number of aromatic nitrogens is 3. The molecule has 3 aromatic heterocycles. The van der Waals surface area contributed by atoms with Crippen molar-refractivity contribution in [2.75, 3.05) is 0 Å². The van der Waals surface area contributed by atoms with Crippen LogP contribution in [0.15, 0.2) is 52.3 Å². The molecule has 4 rings (SSSR count). The maximum absolute atomic E-state index is 12.9. The molecule has 3 heterocycles. The number of aromatic amines is 1. The molecule has 1 saturated carbocycles. The van der Waals surface area contributed by atoms with E-state index < -0.39 is 5.56 Å². The fraction of sp³-hybridized carbons (Fsp3) is 0.222. The second-order valence-corrected chi connectivity index (χ2v) is 6.79. The van der Waals surface area contributed by atoms with Gasteiger partial charge in [-0.05, 0) is 47.4 Å². The molecule has 0 saturated heterocycles. The lowest BCUT2D eigenvalue weighted by atomic mass is 10.2. The minimum absolute atomic E-state index is 0.0785. The van der Waals surface area contributed by atoms with Gasteiger partial charge in [0.2, 0.25) is 0 Å². The highest BCUT2D eigenvalue weighted by Crippen LogP contribution is 2.29. The number of thiophene rings is 1. The maximum Gasteiger partial charge on any atom is 0.264 e. The van der Waals surface area contributed by atoms with Gasteiger partial charge >= 0.3 is 0 Å². The SMILES string of the molecule is O=C(c1cnc(-c2cccnc2)[nH]c1=O)N(Cc1ccsc1)C1CC1. The number of H-pyrrole nitrogens is 1. The van der Waals surface area contributed by atoms with Gasteiger partial charge in [0.05, 0.1) is 0 Å². The summed E-state index contributed by atoms with van der Waals surface area (Å²) in [5.74, 6) is 0.144. The topological polar surface area (TPSA) is 79.0 Å². The molecule has 0 radical (unpaired) electrons. The Morgan fingerprint density at radius 2 is 2.20 bits per heavy atom. The minimum atomic E-state index is -0.421. The van der Waals surface area contributed by atoms with Crippen molar-refractivity contribution in [1.82, 2.24) is 19.9 Å². The van der Waals surface area contributed by atoms with E-state index in [0.29, 0.717) is 17.9 Å². The van der Waals surface area contributed by atoms with Gasteiger partial charge in [-0.2, -0.15) is 11.3 Å². The van der Waals surface area contributed by atoms with Crippen LogP contribution in [0.4, 0.5) is 0 Å². The molecule has 1 aliphatic rings. The number of hydrogen-bond acceptors (Lipinski definition) is 5. The zero-order chi connectivity index (χ0) is 17.2. The van der Waals surface area contributed by atoms with E-state index in [1.54, 1.807) is 40.8 Å². The Morgan fingerprint density at radius 3 is 2.84 bits per heavy atom. The lowest BCUT2D eigenvalue weighted by molar-refractivity contribution is 0.0728. The molecule has 3 aromatic rings. The van der Waals surface area contributed by atoms with Crippen molar-refractivity contribution in [2.45, 2.75) is 25.4 Å². The van der Waals surface area contributed by atoms with Gasteiger partial charge in [0.25, 0.3) is 11.5 Å². The van der Waals surface area contributed by atoms with Crippen LogP contribution in [0.5, 0.6) is 0 Å².